The van der Waals surface area contributed by atoms with Gasteiger partial charge in [-0.2, -0.15) is 0 Å². The number of nitrogens with one attached hydrogen (secondary N) is 1. The van der Waals surface area contributed by atoms with Crippen LogP contribution in [0.15, 0.2) is 84.9 Å². The minimum atomic E-state index is -0.0795. The van der Waals surface area contributed by atoms with Crippen molar-refractivity contribution in [3.8, 4) is 0 Å². The summed E-state index contributed by atoms with van der Waals surface area (Å²) < 4.78 is 0. The van der Waals surface area contributed by atoms with E-state index in [1.54, 1.807) is 24.3 Å². The van der Waals surface area contributed by atoms with Gasteiger partial charge in [-0.3, -0.25) is 14.5 Å². The maximum atomic E-state index is 12.9. The highest BCUT2D eigenvalue weighted by molar-refractivity contribution is 6.13. The lowest BCUT2D eigenvalue weighted by Crippen LogP contribution is -2.37. The van der Waals surface area contributed by atoms with Crippen LogP contribution in [0.5, 0.6) is 0 Å². The molecular weight excluding hydrogens is 372 g/mol. The van der Waals surface area contributed by atoms with Crippen LogP contribution in [-0.2, 0) is 11.3 Å². The molecule has 4 nitrogen and oxygen atoms in total. The standard InChI is InChI=1S/C26H26N2O2/c29-25(21-11-5-2-6-12-21)23-13-7-8-14-24(23)27-26(30)22-15-17-28(18-16-22)19-20-9-3-1-4-10-20/h1-14,22H,15-19H2,(H,27,30). The van der Waals surface area contributed by atoms with E-state index in [1.165, 1.54) is 5.56 Å². The van der Waals surface area contributed by atoms with E-state index in [1.807, 2.05) is 36.4 Å². The summed E-state index contributed by atoms with van der Waals surface area (Å²) >= 11 is 0. The molecule has 0 atom stereocenters. The lowest BCUT2D eigenvalue weighted by Gasteiger charge is -2.31. The third kappa shape index (κ3) is 4.84. The van der Waals surface area contributed by atoms with Crippen LogP contribution in [-0.4, -0.2) is 29.7 Å². The van der Waals surface area contributed by atoms with Crippen molar-refractivity contribution >= 4 is 17.4 Å². The number of ketones is 1. The average Bonchev–Trinajstić information content (AvgIpc) is 2.81. The first-order chi connectivity index (χ1) is 14.7. The number of carbonyl (C=O) groups excluding carboxylic acids is 2. The number of benzene rings is 3. The summed E-state index contributed by atoms with van der Waals surface area (Å²) in [6, 6.07) is 26.8. The Morgan fingerprint density at radius 2 is 1.40 bits per heavy atom. The number of nitrogens with zero attached hydrogens (tertiary/aromatic N) is 1. The van der Waals surface area contributed by atoms with Crippen molar-refractivity contribution in [1.29, 1.82) is 0 Å². The molecule has 0 saturated carbocycles. The van der Waals surface area contributed by atoms with Gasteiger partial charge < -0.3 is 5.32 Å². The molecule has 4 rings (SSSR count). The smallest absolute Gasteiger partial charge is 0.227 e. The highest BCUT2D eigenvalue weighted by atomic mass is 16.2. The van der Waals surface area contributed by atoms with Crippen LogP contribution in [0.25, 0.3) is 0 Å². The maximum absolute atomic E-state index is 12.9. The zero-order valence-corrected chi connectivity index (χ0v) is 17.0. The van der Waals surface area contributed by atoms with Crippen molar-refractivity contribution in [3.63, 3.8) is 0 Å². The van der Waals surface area contributed by atoms with Crippen molar-refractivity contribution in [1.82, 2.24) is 4.90 Å². The first-order valence-electron chi connectivity index (χ1n) is 10.5. The summed E-state index contributed by atoms with van der Waals surface area (Å²) in [5.74, 6) is -0.108. The topological polar surface area (TPSA) is 49.4 Å². The second kappa shape index (κ2) is 9.51. The zero-order valence-electron chi connectivity index (χ0n) is 17.0. The molecule has 0 spiro atoms. The van der Waals surface area contributed by atoms with Crippen LogP contribution in [0.3, 0.4) is 0 Å². The predicted molar refractivity (Wildman–Crippen MR) is 119 cm³/mol. The van der Waals surface area contributed by atoms with Gasteiger partial charge in [0.15, 0.2) is 5.78 Å². The minimum Gasteiger partial charge on any atom is -0.325 e. The summed E-state index contributed by atoms with van der Waals surface area (Å²) in [5.41, 5.74) is 3.03. The van der Waals surface area contributed by atoms with E-state index >= 15 is 0 Å². The molecule has 0 unspecified atom stereocenters. The second-order valence-corrected chi connectivity index (χ2v) is 7.77. The second-order valence-electron chi connectivity index (χ2n) is 7.77. The molecule has 1 amide bonds. The molecule has 1 aliphatic rings. The molecule has 30 heavy (non-hydrogen) atoms. The molecule has 1 N–H and O–H groups in total. The Morgan fingerprint density at radius 1 is 0.800 bits per heavy atom. The van der Waals surface area contributed by atoms with E-state index in [-0.39, 0.29) is 17.6 Å². The van der Waals surface area contributed by atoms with Gasteiger partial charge in [0.1, 0.15) is 0 Å². The van der Waals surface area contributed by atoms with Gasteiger partial charge in [0.2, 0.25) is 5.91 Å². The van der Waals surface area contributed by atoms with E-state index in [9.17, 15) is 9.59 Å². The molecule has 1 aliphatic heterocycles. The number of amides is 1. The summed E-state index contributed by atoms with van der Waals surface area (Å²) in [6.45, 7) is 2.72. The highest BCUT2D eigenvalue weighted by Crippen LogP contribution is 2.24. The Labute approximate surface area is 177 Å². The van der Waals surface area contributed by atoms with E-state index < -0.39 is 0 Å². The lowest BCUT2D eigenvalue weighted by atomic mass is 9.95. The van der Waals surface area contributed by atoms with Crippen LogP contribution < -0.4 is 5.32 Å². The van der Waals surface area contributed by atoms with Crippen molar-refractivity contribution in [2.75, 3.05) is 18.4 Å². The van der Waals surface area contributed by atoms with Crippen molar-refractivity contribution in [3.05, 3.63) is 102 Å². The molecule has 3 aromatic rings. The van der Waals surface area contributed by atoms with Gasteiger partial charge in [-0.15, -0.1) is 0 Å². The largest absolute Gasteiger partial charge is 0.325 e. The quantitative estimate of drug-likeness (QED) is 0.609. The summed E-state index contributed by atoms with van der Waals surface area (Å²) in [7, 11) is 0. The molecule has 3 aromatic carbocycles. The number of carbonyl (C=O) groups is 2. The van der Waals surface area contributed by atoms with E-state index in [0.29, 0.717) is 16.8 Å². The van der Waals surface area contributed by atoms with Gasteiger partial charge in [0.25, 0.3) is 0 Å². The molecule has 0 radical (unpaired) electrons. The monoisotopic (exact) mass is 398 g/mol. The van der Waals surface area contributed by atoms with Crippen molar-refractivity contribution < 1.29 is 9.59 Å². The van der Waals surface area contributed by atoms with Gasteiger partial charge in [-0.25, -0.2) is 0 Å². The fraction of sp³-hybridized carbons (Fsp3) is 0.231. The Kier molecular flexibility index (Phi) is 6.35. The van der Waals surface area contributed by atoms with Gasteiger partial charge in [0.05, 0.1) is 5.69 Å². The van der Waals surface area contributed by atoms with Crippen molar-refractivity contribution in [2.45, 2.75) is 19.4 Å². The van der Waals surface area contributed by atoms with Crippen LogP contribution in [0.4, 0.5) is 5.69 Å². The molecule has 0 bridgehead atoms. The third-order valence-electron chi connectivity index (χ3n) is 5.67. The SMILES string of the molecule is O=C(c1ccccc1)c1ccccc1NC(=O)C1CCN(Cc2ccccc2)CC1. The van der Waals surface area contributed by atoms with Crippen molar-refractivity contribution in [2.24, 2.45) is 5.92 Å². The summed E-state index contributed by atoms with van der Waals surface area (Å²) in [6.07, 6.45) is 1.65. The average molecular weight is 399 g/mol. The van der Waals surface area contributed by atoms with Gasteiger partial charge in [-0.05, 0) is 43.6 Å². The number of hydrogen-bond acceptors (Lipinski definition) is 3. The molecular formula is C26H26N2O2. The minimum absolute atomic E-state index is 0.00247. The molecule has 0 aliphatic carbocycles. The summed E-state index contributed by atoms with van der Waals surface area (Å²) in [4.78, 5) is 28.2. The highest BCUT2D eigenvalue weighted by Gasteiger charge is 2.26. The van der Waals surface area contributed by atoms with Crippen LogP contribution in [0, 0.1) is 5.92 Å². The molecule has 1 fully saturated rings. The number of likely N-dealkylation sites (tertiary alicyclic amines) is 1. The number of anilines is 1. The van der Waals surface area contributed by atoms with E-state index in [0.717, 1.165) is 32.5 Å². The van der Waals surface area contributed by atoms with Gasteiger partial charge in [-0.1, -0.05) is 72.8 Å². The molecule has 4 heteroatoms. The van der Waals surface area contributed by atoms with Gasteiger partial charge >= 0.3 is 0 Å². The number of hydrogen-bond donors (Lipinski definition) is 1. The third-order valence-corrected chi connectivity index (χ3v) is 5.67. The summed E-state index contributed by atoms with van der Waals surface area (Å²) in [5, 5.41) is 3.02. The lowest BCUT2D eigenvalue weighted by molar-refractivity contribution is -0.121. The first kappa shape index (κ1) is 20.0. The first-order valence-corrected chi connectivity index (χ1v) is 10.5. The molecule has 1 saturated heterocycles. The zero-order chi connectivity index (χ0) is 20.8. The number of rotatable bonds is 6. The fourth-order valence-corrected chi connectivity index (χ4v) is 3.96. The van der Waals surface area contributed by atoms with E-state index in [4.69, 9.17) is 0 Å². The van der Waals surface area contributed by atoms with Gasteiger partial charge in [0, 0.05) is 23.6 Å². The van der Waals surface area contributed by atoms with E-state index in [2.05, 4.69) is 34.5 Å². The van der Waals surface area contributed by atoms with Crippen LogP contribution in [0.2, 0.25) is 0 Å². The Morgan fingerprint density at radius 3 is 2.10 bits per heavy atom. The number of piperidine rings is 1. The van der Waals surface area contributed by atoms with Crippen LogP contribution >= 0.6 is 0 Å². The predicted octanol–water partition coefficient (Wildman–Crippen LogP) is 4.77. The fourth-order valence-electron chi connectivity index (χ4n) is 3.96. The molecule has 0 aromatic heterocycles. The normalized spacial score (nSPS) is 14.9. The Balaban J connectivity index is 1.38. The Hall–Kier alpha value is -3.24. The molecule has 1 heterocycles. The Bertz CT molecular complexity index is 994. The number of para-hydroxylation sites is 1. The van der Waals surface area contributed by atoms with Crippen LogP contribution in [0.1, 0.15) is 34.3 Å². The maximum Gasteiger partial charge on any atom is 0.227 e. The molecule has 152 valence electrons.